The van der Waals surface area contributed by atoms with E-state index in [-0.39, 0.29) is 72.7 Å². The van der Waals surface area contributed by atoms with E-state index in [1.807, 2.05) is 0 Å². The van der Waals surface area contributed by atoms with E-state index in [1.165, 1.54) is 21.9 Å². The summed E-state index contributed by atoms with van der Waals surface area (Å²) in [6, 6.07) is 10.8. The Labute approximate surface area is 137 Å². The average molecular weight is 431 g/mol. The number of fused-ring (bicyclic) bond motifs is 1. The number of halogens is 3. The van der Waals surface area contributed by atoms with Gasteiger partial charge in [0.25, 0.3) is 0 Å². The van der Waals surface area contributed by atoms with Crippen LogP contribution in [0.5, 0.6) is 0 Å². The van der Waals surface area contributed by atoms with Gasteiger partial charge in [0, 0.05) is 0 Å². The third-order valence-electron chi connectivity index (χ3n) is 2.25. The largest absolute Gasteiger partial charge is 4.00 e. The van der Waals surface area contributed by atoms with Crippen LogP contribution < -0.4 is 50.9 Å². The summed E-state index contributed by atoms with van der Waals surface area (Å²) >= 11 is 0. The maximum absolute atomic E-state index is 2.18. The normalized spacial score (nSPS) is 7.87. The molecule has 15 heavy (non-hydrogen) atoms. The van der Waals surface area contributed by atoms with Crippen LogP contribution in [0.4, 0.5) is 0 Å². The van der Waals surface area contributed by atoms with E-state index in [1.54, 1.807) is 0 Å². The van der Waals surface area contributed by atoms with E-state index in [0.717, 1.165) is 0 Å². The average Bonchev–Trinajstić information content (AvgIpc) is 2.45. The smallest absolute Gasteiger partial charge is 1.00 e. The van der Waals surface area contributed by atoms with Crippen molar-refractivity contribution in [3.63, 3.8) is 0 Å². The molecule has 0 saturated heterocycles. The minimum Gasteiger partial charge on any atom is -1.00 e. The molecule has 0 saturated carbocycles. The Morgan fingerprint density at radius 2 is 1.40 bits per heavy atom. The zero-order chi connectivity index (χ0) is 7.84. The molecule has 0 radical (unpaired) electrons. The molecule has 0 atom stereocenters. The second-order valence-electron chi connectivity index (χ2n) is 3.05. The molecule has 0 fully saturated rings. The molecular weight excluding hydrogens is 420 g/mol. The fourth-order valence-electron chi connectivity index (χ4n) is 1.54. The summed E-state index contributed by atoms with van der Waals surface area (Å²) in [5, 5.41) is 2.79. The molecule has 0 aliphatic carbocycles. The molecule has 2 aromatic carbocycles. The zero-order valence-electron chi connectivity index (χ0n) is 8.52. The van der Waals surface area contributed by atoms with Gasteiger partial charge in [0.05, 0.1) is 0 Å². The molecule has 0 amide bonds. The molecule has 0 N–H and O–H groups in total. The monoisotopic (exact) mass is 428 g/mol. The minimum absolute atomic E-state index is 0. The standard InChI is InChI=1S/C11H11.3BrH.Ti/c1-8-6-7-9(2)11-5-3-4-10(8)11;;;;/h3-7H,1-2H3;3*1H;/q-1;;;;+4/p-3. The van der Waals surface area contributed by atoms with Gasteiger partial charge < -0.3 is 50.9 Å². The predicted molar refractivity (Wildman–Crippen MR) is 49.0 cm³/mol. The Kier molecular flexibility index (Phi) is 12.9. The third kappa shape index (κ3) is 4.39. The van der Waals surface area contributed by atoms with Crippen molar-refractivity contribution in [2.24, 2.45) is 0 Å². The number of aryl methyl sites for hydroxylation is 2. The van der Waals surface area contributed by atoms with E-state index < -0.39 is 0 Å². The van der Waals surface area contributed by atoms with Crippen molar-refractivity contribution < 1.29 is 72.7 Å². The Morgan fingerprint density at radius 3 is 1.93 bits per heavy atom. The van der Waals surface area contributed by atoms with Crippen LogP contribution in [-0.4, -0.2) is 0 Å². The summed E-state index contributed by atoms with van der Waals surface area (Å²) in [5.41, 5.74) is 2.74. The van der Waals surface area contributed by atoms with Crippen molar-refractivity contribution in [1.29, 1.82) is 0 Å². The second kappa shape index (κ2) is 9.06. The van der Waals surface area contributed by atoms with Crippen LogP contribution in [0.25, 0.3) is 10.8 Å². The summed E-state index contributed by atoms with van der Waals surface area (Å²) < 4.78 is 0. The fraction of sp³-hybridized carbons (Fsp3) is 0.182. The van der Waals surface area contributed by atoms with Gasteiger partial charge in [-0.25, -0.2) is 0 Å². The van der Waals surface area contributed by atoms with Gasteiger partial charge in [-0.3, -0.25) is 0 Å². The molecule has 0 heterocycles. The summed E-state index contributed by atoms with van der Waals surface area (Å²) in [7, 11) is 0. The molecule has 0 nitrogen and oxygen atoms in total. The van der Waals surface area contributed by atoms with Gasteiger partial charge in [0.15, 0.2) is 0 Å². The van der Waals surface area contributed by atoms with Crippen molar-refractivity contribution in [3.8, 4) is 0 Å². The maximum atomic E-state index is 2.18. The number of benzene rings is 1. The number of rotatable bonds is 0. The van der Waals surface area contributed by atoms with E-state index >= 15 is 0 Å². The first kappa shape index (κ1) is 21.3. The van der Waals surface area contributed by atoms with Gasteiger partial charge in [-0.15, -0.1) is 28.5 Å². The molecule has 2 rings (SSSR count). The topological polar surface area (TPSA) is 0 Å². The van der Waals surface area contributed by atoms with Crippen LogP contribution >= 0.6 is 0 Å². The van der Waals surface area contributed by atoms with E-state index in [2.05, 4.69) is 44.2 Å². The third-order valence-corrected chi connectivity index (χ3v) is 2.25. The molecule has 0 aliphatic rings. The SMILES string of the molecule is Cc1ccc(C)c2[cH-]ccc12.[Br-].[Br-].[Br-].[Ti+4]. The van der Waals surface area contributed by atoms with Gasteiger partial charge >= 0.3 is 21.7 Å². The van der Waals surface area contributed by atoms with Crippen LogP contribution in [0.3, 0.4) is 0 Å². The molecule has 0 bridgehead atoms. The maximum Gasteiger partial charge on any atom is 4.00 e. The predicted octanol–water partition coefficient (Wildman–Crippen LogP) is -5.81. The van der Waals surface area contributed by atoms with Gasteiger partial charge in [-0.2, -0.15) is 12.1 Å². The molecule has 0 aliphatic heterocycles. The first-order chi connectivity index (χ1) is 5.29. The molecule has 0 spiro atoms. The molecule has 0 aromatic heterocycles. The Balaban J connectivity index is -0.000000360. The quantitative estimate of drug-likeness (QED) is 0.289. The van der Waals surface area contributed by atoms with Crippen LogP contribution in [0.2, 0.25) is 0 Å². The van der Waals surface area contributed by atoms with Crippen molar-refractivity contribution in [2.45, 2.75) is 13.8 Å². The number of hydrogen-bond donors (Lipinski definition) is 0. The van der Waals surface area contributed by atoms with Gasteiger partial charge in [0.2, 0.25) is 0 Å². The van der Waals surface area contributed by atoms with Crippen LogP contribution in [0.15, 0.2) is 30.3 Å². The van der Waals surface area contributed by atoms with Crippen LogP contribution in [0, 0.1) is 13.8 Å². The van der Waals surface area contributed by atoms with E-state index in [9.17, 15) is 0 Å². The van der Waals surface area contributed by atoms with Crippen molar-refractivity contribution in [1.82, 2.24) is 0 Å². The van der Waals surface area contributed by atoms with E-state index in [4.69, 9.17) is 0 Å². The summed E-state index contributed by atoms with van der Waals surface area (Å²) in [6.45, 7) is 4.31. The number of hydrogen-bond acceptors (Lipinski definition) is 0. The van der Waals surface area contributed by atoms with Gasteiger partial charge in [-0.1, -0.05) is 18.6 Å². The van der Waals surface area contributed by atoms with Crippen molar-refractivity contribution in [2.75, 3.05) is 0 Å². The Morgan fingerprint density at radius 1 is 0.867 bits per heavy atom. The Hall–Kier alpha value is 0.984. The van der Waals surface area contributed by atoms with Crippen LogP contribution in [0.1, 0.15) is 11.1 Å². The molecule has 2 aromatic rings. The molecule has 80 valence electrons. The summed E-state index contributed by atoms with van der Waals surface area (Å²) in [6.07, 6.45) is 0. The first-order valence-electron chi connectivity index (χ1n) is 3.90. The van der Waals surface area contributed by atoms with Crippen molar-refractivity contribution >= 4 is 10.8 Å². The minimum atomic E-state index is 0. The summed E-state index contributed by atoms with van der Waals surface area (Å²) in [5.74, 6) is 0. The van der Waals surface area contributed by atoms with Gasteiger partial charge in [0.1, 0.15) is 0 Å². The van der Waals surface area contributed by atoms with Crippen molar-refractivity contribution in [3.05, 3.63) is 41.5 Å². The Bertz CT molecular complexity index is 360. The van der Waals surface area contributed by atoms with Crippen LogP contribution in [-0.2, 0) is 21.7 Å². The molecular formula is C11H11Br3Ti. The van der Waals surface area contributed by atoms with E-state index in [0.29, 0.717) is 0 Å². The first-order valence-corrected chi connectivity index (χ1v) is 3.90. The zero-order valence-corrected chi connectivity index (χ0v) is 14.8. The molecule has 0 unspecified atom stereocenters. The molecule has 4 heteroatoms. The second-order valence-corrected chi connectivity index (χ2v) is 3.05. The summed E-state index contributed by atoms with van der Waals surface area (Å²) in [4.78, 5) is 0. The van der Waals surface area contributed by atoms with Gasteiger partial charge in [-0.05, 0) is 6.92 Å². The fourth-order valence-corrected chi connectivity index (χ4v) is 1.54.